The molecule has 3 heteroatoms. The summed E-state index contributed by atoms with van der Waals surface area (Å²) in [4.78, 5) is 0. The van der Waals surface area contributed by atoms with E-state index in [2.05, 4.69) is 52.0 Å². The van der Waals surface area contributed by atoms with Crippen LogP contribution in [0.3, 0.4) is 0 Å². The van der Waals surface area contributed by atoms with Gasteiger partial charge in [-0.05, 0) is 24.5 Å². The zero-order chi connectivity index (χ0) is 12.1. The minimum Gasteiger partial charge on any atom is -0.329 e. The number of thioether (sulfide) groups is 1. The lowest BCUT2D eigenvalue weighted by Gasteiger charge is -2.26. The first-order valence-electron chi connectivity index (χ1n) is 6.41. The molecule has 94 valence electrons. The van der Waals surface area contributed by atoms with Crippen LogP contribution in [-0.4, -0.2) is 11.8 Å². The number of benzene rings is 1. The summed E-state index contributed by atoms with van der Waals surface area (Å²) in [6.45, 7) is 0.726. The van der Waals surface area contributed by atoms with E-state index < -0.39 is 0 Å². The van der Waals surface area contributed by atoms with Gasteiger partial charge in [-0.1, -0.05) is 53.4 Å². The summed E-state index contributed by atoms with van der Waals surface area (Å²) in [6.07, 6.45) is 6.94. The molecule has 1 saturated carbocycles. The van der Waals surface area contributed by atoms with Gasteiger partial charge in [0, 0.05) is 21.5 Å². The topological polar surface area (TPSA) is 26.0 Å². The molecule has 0 amide bonds. The van der Waals surface area contributed by atoms with Gasteiger partial charge >= 0.3 is 0 Å². The van der Waals surface area contributed by atoms with E-state index >= 15 is 0 Å². The van der Waals surface area contributed by atoms with Crippen LogP contribution in [0.1, 0.15) is 42.9 Å². The first-order valence-corrected chi connectivity index (χ1v) is 8.15. The second-order valence-electron chi connectivity index (χ2n) is 4.64. The van der Waals surface area contributed by atoms with Gasteiger partial charge in [0.2, 0.25) is 0 Å². The molecule has 0 radical (unpaired) electrons. The lowest BCUT2D eigenvalue weighted by Crippen LogP contribution is -2.16. The maximum Gasteiger partial charge on any atom is 0.0433 e. The fourth-order valence-electron chi connectivity index (χ4n) is 2.43. The molecular formula is C14H20BrNS. The zero-order valence-corrected chi connectivity index (χ0v) is 12.5. The van der Waals surface area contributed by atoms with Crippen molar-refractivity contribution in [3.8, 4) is 0 Å². The highest BCUT2D eigenvalue weighted by atomic mass is 79.9. The molecule has 0 bridgehead atoms. The van der Waals surface area contributed by atoms with Gasteiger partial charge in [0.25, 0.3) is 0 Å². The lowest BCUT2D eigenvalue weighted by atomic mass is 10.0. The van der Waals surface area contributed by atoms with Crippen LogP contribution in [0.15, 0.2) is 28.7 Å². The Morgan fingerprint density at radius 3 is 2.59 bits per heavy atom. The molecule has 1 fully saturated rings. The molecule has 1 aromatic carbocycles. The highest BCUT2D eigenvalue weighted by Gasteiger charge is 2.20. The van der Waals surface area contributed by atoms with Crippen LogP contribution in [0.2, 0.25) is 0 Å². The van der Waals surface area contributed by atoms with Crippen molar-refractivity contribution in [1.29, 1.82) is 0 Å². The highest BCUT2D eigenvalue weighted by molar-refractivity contribution is 9.10. The Kier molecular flexibility index (Phi) is 5.39. The minimum absolute atomic E-state index is 0.439. The van der Waals surface area contributed by atoms with Crippen LogP contribution < -0.4 is 5.73 Å². The summed E-state index contributed by atoms with van der Waals surface area (Å²) in [5.74, 6) is 0. The van der Waals surface area contributed by atoms with Crippen molar-refractivity contribution in [1.82, 2.24) is 0 Å². The number of rotatable bonds is 4. The third kappa shape index (κ3) is 3.73. The largest absolute Gasteiger partial charge is 0.329 e. The van der Waals surface area contributed by atoms with E-state index in [1.54, 1.807) is 0 Å². The fraction of sp³-hybridized carbons (Fsp3) is 0.571. The second kappa shape index (κ2) is 6.81. The molecule has 17 heavy (non-hydrogen) atoms. The average Bonchev–Trinajstić information content (AvgIpc) is 2.38. The van der Waals surface area contributed by atoms with E-state index in [0.29, 0.717) is 5.25 Å². The van der Waals surface area contributed by atoms with Crippen molar-refractivity contribution in [2.75, 3.05) is 6.54 Å². The Hall–Kier alpha value is 0.01000. The van der Waals surface area contributed by atoms with E-state index in [0.717, 1.165) is 11.8 Å². The summed E-state index contributed by atoms with van der Waals surface area (Å²) < 4.78 is 1.19. The van der Waals surface area contributed by atoms with Gasteiger partial charge in [-0.15, -0.1) is 11.8 Å². The molecule has 1 aromatic rings. The Bertz CT molecular complexity index is 350. The Balaban J connectivity index is 2.03. The molecule has 1 aliphatic rings. The number of halogens is 1. The van der Waals surface area contributed by atoms with Crippen molar-refractivity contribution in [3.05, 3.63) is 34.3 Å². The van der Waals surface area contributed by atoms with E-state index in [-0.39, 0.29) is 0 Å². The number of hydrogen-bond donors (Lipinski definition) is 1. The van der Waals surface area contributed by atoms with Crippen LogP contribution in [0.4, 0.5) is 0 Å². The molecule has 1 aliphatic carbocycles. The SMILES string of the molecule is NCC(SC1CCCCC1)c1ccccc1Br. The smallest absolute Gasteiger partial charge is 0.0433 e. The van der Waals surface area contributed by atoms with Crippen molar-refractivity contribution in [2.24, 2.45) is 5.73 Å². The van der Waals surface area contributed by atoms with Crippen LogP contribution >= 0.6 is 27.7 Å². The molecule has 1 atom stereocenters. The average molecular weight is 314 g/mol. The van der Waals surface area contributed by atoms with Crippen molar-refractivity contribution in [3.63, 3.8) is 0 Å². The molecule has 1 unspecified atom stereocenters. The molecule has 0 saturated heterocycles. The summed E-state index contributed by atoms with van der Waals surface area (Å²) >= 11 is 5.71. The van der Waals surface area contributed by atoms with Crippen LogP contribution in [0.25, 0.3) is 0 Å². The van der Waals surface area contributed by atoms with E-state index in [1.807, 2.05) is 0 Å². The van der Waals surface area contributed by atoms with Gasteiger partial charge in [0.1, 0.15) is 0 Å². The normalized spacial score (nSPS) is 19.2. The van der Waals surface area contributed by atoms with Crippen molar-refractivity contribution >= 4 is 27.7 Å². The Morgan fingerprint density at radius 1 is 1.24 bits per heavy atom. The Labute approximate surface area is 117 Å². The maximum atomic E-state index is 5.95. The maximum absolute atomic E-state index is 5.95. The van der Waals surface area contributed by atoms with E-state index in [1.165, 1.54) is 42.1 Å². The molecule has 2 rings (SSSR count). The summed E-state index contributed by atoms with van der Waals surface area (Å²) in [5, 5.41) is 1.25. The number of nitrogens with two attached hydrogens (primary N) is 1. The quantitative estimate of drug-likeness (QED) is 0.884. The first-order chi connectivity index (χ1) is 8.31. The van der Waals surface area contributed by atoms with Gasteiger partial charge in [-0.2, -0.15) is 0 Å². The zero-order valence-electron chi connectivity index (χ0n) is 10.1. The molecule has 0 aromatic heterocycles. The summed E-state index contributed by atoms with van der Waals surface area (Å²) in [5.41, 5.74) is 7.30. The monoisotopic (exact) mass is 313 g/mol. The van der Waals surface area contributed by atoms with Crippen molar-refractivity contribution in [2.45, 2.75) is 42.6 Å². The van der Waals surface area contributed by atoms with Crippen LogP contribution in [-0.2, 0) is 0 Å². The molecule has 0 spiro atoms. The molecule has 2 N–H and O–H groups in total. The van der Waals surface area contributed by atoms with E-state index in [4.69, 9.17) is 5.73 Å². The molecule has 1 nitrogen and oxygen atoms in total. The van der Waals surface area contributed by atoms with Gasteiger partial charge < -0.3 is 5.73 Å². The second-order valence-corrected chi connectivity index (χ2v) is 7.00. The predicted molar refractivity (Wildman–Crippen MR) is 80.4 cm³/mol. The van der Waals surface area contributed by atoms with Gasteiger partial charge in [-0.25, -0.2) is 0 Å². The van der Waals surface area contributed by atoms with Gasteiger partial charge in [-0.3, -0.25) is 0 Å². The third-order valence-electron chi connectivity index (χ3n) is 3.38. The molecule has 0 heterocycles. The lowest BCUT2D eigenvalue weighted by molar-refractivity contribution is 0.515. The number of hydrogen-bond acceptors (Lipinski definition) is 2. The third-order valence-corrected chi connectivity index (χ3v) is 5.73. The molecular weight excluding hydrogens is 294 g/mol. The van der Waals surface area contributed by atoms with E-state index in [9.17, 15) is 0 Å². The predicted octanol–water partition coefficient (Wildman–Crippen LogP) is 4.51. The summed E-state index contributed by atoms with van der Waals surface area (Å²) in [7, 11) is 0. The highest BCUT2D eigenvalue weighted by Crippen LogP contribution is 2.40. The van der Waals surface area contributed by atoms with Crippen LogP contribution in [0.5, 0.6) is 0 Å². The fourth-order valence-corrected chi connectivity index (χ4v) is 4.67. The minimum atomic E-state index is 0.439. The van der Waals surface area contributed by atoms with Crippen molar-refractivity contribution < 1.29 is 0 Å². The summed E-state index contributed by atoms with van der Waals surface area (Å²) in [6, 6.07) is 8.47. The first kappa shape index (κ1) is 13.4. The Morgan fingerprint density at radius 2 is 1.94 bits per heavy atom. The van der Waals surface area contributed by atoms with Crippen LogP contribution in [0, 0.1) is 0 Å². The van der Waals surface area contributed by atoms with Gasteiger partial charge in [0.15, 0.2) is 0 Å². The van der Waals surface area contributed by atoms with Gasteiger partial charge in [0.05, 0.1) is 0 Å². The standard InChI is InChI=1S/C14H20BrNS/c15-13-9-5-4-8-12(13)14(10-16)17-11-6-2-1-3-7-11/h4-5,8-9,11,14H,1-3,6-7,10,16H2. The molecule has 0 aliphatic heterocycles.